The van der Waals surface area contributed by atoms with E-state index in [-0.39, 0.29) is 23.4 Å². The van der Waals surface area contributed by atoms with Crippen LogP contribution in [0, 0.1) is 0 Å². The van der Waals surface area contributed by atoms with Crippen molar-refractivity contribution in [1.82, 2.24) is 10.2 Å². The maximum absolute atomic E-state index is 11.1. The Bertz CT molecular complexity index is 381. The number of anilines is 1. The van der Waals surface area contributed by atoms with Gasteiger partial charge in [-0.3, -0.25) is 19.8 Å². The minimum Gasteiger partial charge on any atom is -0.395 e. The summed E-state index contributed by atoms with van der Waals surface area (Å²) in [7, 11) is 1.63. The molecule has 0 radical (unpaired) electrons. The number of hydrogen-bond acceptors (Lipinski definition) is 4. The van der Waals surface area contributed by atoms with Gasteiger partial charge in [-0.1, -0.05) is 0 Å². The molecule has 0 saturated heterocycles. The summed E-state index contributed by atoms with van der Waals surface area (Å²) in [5.74, 6) is 0. The van der Waals surface area contributed by atoms with E-state index in [9.17, 15) is 9.59 Å². The second-order valence-electron chi connectivity index (χ2n) is 2.62. The van der Waals surface area contributed by atoms with Crippen LogP contribution in [-0.2, 0) is 0 Å². The lowest BCUT2D eigenvalue weighted by atomic mass is 10.4. The first kappa shape index (κ1) is 9.53. The van der Waals surface area contributed by atoms with Crippen LogP contribution < -0.4 is 16.0 Å². The number of rotatable bonds is 3. The zero-order chi connectivity index (χ0) is 9.84. The summed E-state index contributed by atoms with van der Waals surface area (Å²) in [6.45, 7) is 0.245. The number of aliphatic hydroxyl groups is 1. The van der Waals surface area contributed by atoms with Crippen molar-refractivity contribution < 1.29 is 5.11 Å². The average Bonchev–Trinajstić information content (AvgIpc) is 2.09. The SMILES string of the molecule is CN(CCO)c1cc(=O)[nH][nH]c1=O. The second-order valence-corrected chi connectivity index (χ2v) is 2.62. The summed E-state index contributed by atoms with van der Waals surface area (Å²) in [6.07, 6.45) is 0. The maximum Gasteiger partial charge on any atom is 0.286 e. The Hall–Kier alpha value is -1.56. The number of aromatic amines is 2. The molecule has 3 N–H and O–H groups in total. The molecule has 0 unspecified atom stereocenters. The fourth-order valence-electron chi connectivity index (χ4n) is 0.962. The summed E-state index contributed by atoms with van der Waals surface area (Å²) in [4.78, 5) is 23.5. The van der Waals surface area contributed by atoms with Gasteiger partial charge in [-0.25, -0.2) is 0 Å². The smallest absolute Gasteiger partial charge is 0.286 e. The Balaban J connectivity index is 3.06. The van der Waals surface area contributed by atoms with Crippen LogP contribution in [0.15, 0.2) is 15.7 Å². The molecule has 0 aliphatic rings. The van der Waals surface area contributed by atoms with Gasteiger partial charge >= 0.3 is 0 Å². The first-order valence-electron chi connectivity index (χ1n) is 3.79. The van der Waals surface area contributed by atoms with Crippen molar-refractivity contribution in [3.05, 3.63) is 26.8 Å². The Labute approximate surface area is 73.8 Å². The Morgan fingerprint density at radius 1 is 1.46 bits per heavy atom. The van der Waals surface area contributed by atoms with Crippen LogP contribution in [-0.4, -0.2) is 35.5 Å². The molecule has 1 aromatic heterocycles. The molecule has 6 heteroatoms. The molecular weight excluding hydrogens is 174 g/mol. The molecule has 0 bridgehead atoms. The Morgan fingerprint density at radius 2 is 2.15 bits per heavy atom. The molecule has 0 spiro atoms. The van der Waals surface area contributed by atoms with E-state index in [0.29, 0.717) is 6.54 Å². The highest BCUT2D eigenvalue weighted by Gasteiger charge is 2.05. The molecule has 1 rings (SSSR count). The quantitative estimate of drug-likeness (QED) is 0.534. The van der Waals surface area contributed by atoms with E-state index in [1.165, 1.54) is 11.0 Å². The highest BCUT2D eigenvalue weighted by molar-refractivity contribution is 5.41. The number of aromatic nitrogens is 2. The summed E-state index contributed by atoms with van der Waals surface area (Å²) in [5.41, 5.74) is -0.507. The molecule has 13 heavy (non-hydrogen) atoms. The third-order valence-corrected chi connectivity index (χ3v) is 1.65. The Morgan fingerprint density at radius 3 is 2.77 bits per heavy atom. The van der Waals surface area contributed by atoms with Crippen molar-refractivity contribution in [2.75, 3.05) is 25.1 Å². The minimum atomic E-state index is -0.379. The van der Waals surface area contributed by atoms with Crippen LogP contribution in [0.3, 0.4) is 0 Å². The predicted molar refractivity (Wildman–Crippen MR) is 48.0 cm³/mol. The number of hydrogen-bond donors (Lipinski definition) is 3. The lowest BCUT2D eigenvalue weighted by molar-refractivity contribution is 0.304. The molecule has 1 heterocycles. The van der Waals surface area contributed by atoms with Gasteiger partial charge in [0.05, 0.1) is 6.61 Å². The van der Waals surface area contributed by atoms with Gasteiger partial charge in [-0.15, -0.1) is 0 Å². The van der Waals surface area contributed by atoms with E-state index in [1.54, 1.807) is 7.05 Å². The normalized spacial score (nSPS) is 10.0. The van der Waals surface area contributed by atoms with E-state index >= 15 is 0 Å². The van der Waals surface area contributed by atoms with Crippen LogP contribution in [0.5, 0.6) is 0 Å². The monoisotopic (exact) mass is 185 g/mol. The number of H-pyrrole nitrogens is 2. The predicted octanol–water partition coefficient (Wildman–Crippen LogP) is -1.51. The van der Waals surface area contributed by atoms with Gasteiger partial charge in [-0.2, -0.15) is 0 Å². The molecule has 0 atom stereocenters. The van der Waals surface area contributed by atoms with Gasteiger partial charge in [0.1, 0.15) is 5.69 Å². The van der Waals surface area contributed by atoms with Crippen molar-refractivity contribution in [3.8, 4) is 0 Å². The number of aliphatic hydroxyl groups excluding tert-OH is 1. The number of nitrogens with one attached hydrogen (secondary N) is 2. The second kappa shape index (κ2) is 3.90. The fourth-order valence-corrected chi connectivity index (χ4v) is 0.962. The molecule has 0 fully saturated rings. The Kier molecular flexibility index (Phi) is 2.86. The molecular formula is C7H11N3O3. The van der Waals surface area contributed by atoms with Gasteiger partial charge in [0.25, 0.3) is 11.1 Å². The van der Waals surface area contributed by atoms with Crippen molar-refractivity contribution in [2.24, 2.45) is 0 Å². The zero-order valence-corrected chi connectivity index (χ0v) is 7.20. The van der Waals surface area contributed by atoms with Gasteiger partial charge in [0, 0.05) is 19.7 Å². The highest BCUT2D eigenvalue weighted by Crippen LogP contribution is 1.98. The lowest BCUT2D eigenvalue weighted by Crippen LogP contribution is -2.30. The van der Waals surface area contributed by atoms with Gasteiger partial charge in [0.15, 0.2) is 0 Å². The summed E-state index contributed by atoms with van der Waals surface area (Å²) in [5, 5.41) is 13.0. The van der Waals surface area contributed by atoms with E-state index in [2.05, 4.69) is 10.2 Å². The van der Waals surface area contributed by atoms with Gasteiger partial charge in [0.2, 0.25) is 0 Å². The average molecular weight is 185 g/mol. The van der Waals surface area contributed by atoms with E-state index in [0.717, 1.165) is 0 Å². The molecule has 1 aromatic rings. The molecule has 72 valence electrons. The molecule has 6 nitrogen and oxygen atoms in total. The van der Waals surface area contributed by atoms with Crippen LogP contribution in [0.2, 0.25) is 0 Å². The van der Waals surface area contributed by atoms with Crippen molar-refractivity contribution >= 4 is 5.69 Å². The summed E-state index contributed by atoms with van der Waals surface area (Å²) < 4.78 is 0. The minimum absolute atomic E-state index is 0.0667. The largest absolute Gasteiger partial charge is 0.395 e. The molecule has 0 aliphatic heterocycles. The maximum atomic E-state index is 11.1. The van der Waals surface area contributed by atoms with Crippen molar-refractivity contribution in [1.29, 1.82) is 0 Å². The number of nitrogens with zero attached hydrogens (tertiary/aromatic N) is 1. The fraction of sp³-hybridized carbons (Fsp3) is 0.429. The lowest BCUT2D eigenvalue weighted by Gasteiger charge is -2.15. The highest BCUT2D eigenvalue weighted by atomic mass is 16.3. The van der Waals surface area contributed by atoms with E-state index in [4.69, 9.17) is 5.11 Å². The third kappa shape index (κ3) is 2.19. The van der Waals surface area contributed by atoms with E-state index in [1.807, 2.05) is 0 Å². The molecule has 0 amide bonds. The van der Waals surface area contributed by atoms with Gasteiger partial charge < -0.3 is 10.0 Å². The summed E-state index contributed by atoms with van der Waals surface area (Å²) in [6, 6.07) is 1.19. The zero-order valence-electron chi connectivity index (χ0n) is 7.20. The first-order chi connectivity index (χ1) is 6.15. The standard InChI is InChI=1S/C7H11N3O3/c1-10(2-3-11)5-4-6(12)8-9-7(5)13/h4,11H,2-3H2,1H3,(H,8,12)(H,9,13). The molecule has 0 saturated carbocycles. The van der Waals surface area contributed by atoms with Crippen LogP contribution >= 0.6 is 0 Å². The van der Waals surface area contributed by atoms with Crippen molar-refractivity contribution in [2.45, 2.75) is 0 Å². The molecule has 0 aliphatic carbocycles. The van der Waals surface area contributed by atoms with Crippen molar-refractivity contribution in [3.63, 3.8) is 0 Å². The van der Waals surface area contributed by atoms with Gasteiger partial charge in [-0.05, 0) is 0 Å². The summed E-state index contributed by atoms with van der Waals surface area (Å²) >= 11 is 0. The van der Waals surface area contributed by atoms with E-state index < -0.39 is 0 Å². The third-order valence-electron chi connectivity index (χ3n) is 1.65. The van der Waals surface area contributed by atoms with Crippen LogP contribution in [0.25, 0.3) is 0 Å². The molecule has 0 aromatic carbocycles. The van der Waals surface area contributed by atoms with Crippen LogP contribution in [0.4, 0.5) is 5.69 Å². The first-order valence-corrected chi connectivity index (χ1v) is 3.79. The number of likely N-dealkylation sites (N-methyl/N-ethyl adjacent to an activating group) is 1. The topological polar surface area (TPSA) is 89.2 Å². The van der Waals surface area contributed by atoms with Crippen LogP contribution in [0.1, 0.15) is 0 Å².